The van der Waals surface area contributed by atoms with Crippen LogP contribution in [0.5, 0.6) is 0 Å². The SMILES string of the molecule is CC(C)(C)NCc1ncc(-c2ccc(F)cc2I)o1. The molecule has 0 spiro atoms. The molecular weight excluding hydrogens is 358 g/mol. The van der Waals surface area contributed by atoms with Gasteiger partial charge in [0.15, 0.2) is 5.76 Å². The van der Waals surface area contributed by atoms with Gasteiger partial charge >= 0.3 is 0 Å². The second-order valence-electron chi connectivity index (χ2n) is 5.35. The van der Waals surface area contributed by atoms with Crippen molar-refractivity contribution < 1.29 is 8.81 Å². The minimum absolute atomic E-state index is 0.0128. The van der Waals surface area contributed by atoms with Crippen LogP contribution in [0.25, 0.3) is 11.3 Å². The minimum atomic E-state index is -0.248. The van der Waals surface area contributed by atoms with E-state index in [-0.39, 0.29) is 11.4 Å². The van der Waals surface area contributed by atoms with Gasteiger partial charge in [-0.05, 0) is 61.6 Å². The van der Waals surface area contributed by atoms with Crippen LogP contribution in [0.4, 0.5) is 4.39 Å². The number of nitrogens with one attached hydrogen (secondary N) is 1. The van der Waals surface area contributed by atoms with Crippen LogP contribution in [0, 0.1) is 9.39 Å². The highest BCUT2D eigenvalue weighted by molar-refractivity contribution is 14.1. The van der Waals surface area contributed by atoms with E-state index in [9.17, 15) is 4.39 Å². The van der Waals surface area contributed by atoms with Crippen LogP contribution >= 0.6 is 22.6 Å². The molecule has 2 rings (SSSR count). The van der Waals surface area contributed by atoms with Gasteiger partial charge in [0.1, 0.15) is 5.82 Å². The van der Waals surface area contributed by atoms with Crippen LogP contribution in [0.1, 0.15) is 26.7 Å². The topological polar surface area (TPSA) is 38.1 Å². The standard InChI is InChI=1S/C14H16FIN2O/c1-14(2,3)18-8-13-17-7-12(19-13)10-5-4-9(15)6-11(10)16/h4-7,18H,8H2,1-3H3. The highest BCUT2D eigenvalue weighted by Crippen LogP contribution is 2.26. The van der Waals surface area contributed by atoms with Gasteiger partial charge in [-0.15, -0.1) is 0 Å². The predicted molar refractivity (Wildman–Crippen MR) is 81.2 cm³/mol. The van der Waals surface area contributed by atoms with Crippen molar-refractivity contribution in [3.8, 4) is 11.3 Å². The number of aromatic nitrogens is 1. The molecule has 0 saturated heterocycles. The fraction of sp³-hybridized carbons (Fsp3) is 0.357. The normalized spacial score (nSPS) is 11.8. The average molecular weight is 374 g/mol. The van der Waals surface area contributed by atoms with Crippen molar-refractivity contribution in [1.29, 1.82) is 0 Å². The molecule has 102 valence electrons. The number of rotatable bonds is 3. The van der Waals surface area contributed by atoms with Crippen molar-refractivity contribution in [2.45, 2.75) is 32.9 Å². The lowest BCUT2D eigenvalue weighted by molar-refractivity contribution is 0.383. The van der Waals surface area contributed by atoms with Gasteiger partial charge in [-0.3, -0.25) is 0 Å². The zero-order chi connectivity index (χ0) is 14.0. The molecule has 0 aliphatic heterocycles. The maximum absolute atomic E-state index is 13.1. The van der Waals surface area contributed by atoms with Gasteiger partial charge in [-0.25, -0.2) is 9.37 Å². The smallest absolute Gasteiger partial charge is 0.208 e. The summed E-state index contributed by atoms with van der Waals surface area (Å²) in [5.74, 6) is 1.04. The highest BCUT2D eigenvalue weighted by atomic mass is 127. The number of halogens is 2. The fourth-order valence-electron chi connectivity index (χ4n) is 1.55. The molecule has 1 heterocycles. The van der Waals surface area contributed by atoms with E-state index in [1.54, 1.807) is 12.3 Å². The van der Waals surface area contributed by atoms with E-state index in [4.69, 9.17) is 4.42 Å². The van der Waals surface area contributed by atoms with Crippen molar-refractivity contribution in [1.82, 2.24) is 10.3 Å². The Labute approximate surface area is 125 Å². The third-order valence-electron chi connectivity index (χ3n) is 2.52. The Morgan fingerprint density at radius 3 is 2.74 bits per heavy atom. The molecule has 0 amide bonds. The van der Waals surface area contributed by atoms with Gasteiger partial charge in [-0.2, -0.15) is 0 Å². The van der Waals surface area contributed by atoms with E-state index < -0.39 is 0 Å². The number of oxazole rings is 1. The van der Waals surface area contributed by atoms with Gasteiger partial charge in [0.05, 0.1) is 12.7 Å². The Morgan fingerprint density at radius 1 is 1.37 bits per heavy atom. The summed E-state index contributed by atoms with van der Waals surface area (Å²) in [6, 6.07) is 4.61. The fourth-order valence-corrected chi connectivity index (χ4v) is 2.29. The van der Waals surface area contributed by atoms with Crippen LogP contribution in [-0.2, 0) is 6.54 Å². The average Bonchev–Trinajstić information content (AvgIpc) is 2.74. The van der Waals surface area contributed by atoms with Gasteiger partial charge in [-0.1, -0.05) is 0 Å². The molecule has 0 aliphatic rings. The Balaban J connectivity index is 2.16. The number of hydrogen-bond donors (Lipinski definition) is 1. The number of benzene rings is 1. The summed E-state index contributed by atoms with van der Waals surface area (Å²) in [6.45, 7) is 6.82. The largest absolute Gasteiger partial charge is 0.439 e. The zero-order valence-corrected chi connectivity index (χ0v) is 13.3. The van der Waals surface area contributed by atoms with Crippen LogP contribution in [-0.4, -0.2) is 10.5 Å². The summed E-state index contributed by atoms with van der Waals surface area (Å²) < 4.78 is 19.6. The Morgan fingerprint density at radius 2 is 2.11 bits per heavy atom. The molecular formula is C14H16FIN2O. The first kappa shape index (κ1) is 14.5. The van der Waals surface area contributed by atoms with E-state index in [0.717, 1.165) is 9.13 Å². The molecule has 0 atom stereocenters. The van der Waals surface area contributed by atoms with Crippen LogP contribution < -0.4 is 5.32 Å². The molecule has 3 nitrogen and oxygen atoms in total. The molecule has 1 aromatic carbocycles. The van der Waals surface area contributed by atoms with Crippen molar-refractivity contribution in [3.63, 3.8) is 0 Å². The molecule has 2 aromatic rings. The Kier molecular flexibility index (Phi) is 4.25. The molecule has 0 saturated carbocycles. The van der Waals surface area contributed by atoms with Gasteiger partial charge in [0.25, 0.3) is 0 Å². The molecule has 0 aliphatic carbocycles. The van der Waals surface area contributed by atoms with Gasteiger partial charge < -0.3 is 9.73 Å². The molecule has 0 unspecified atom stereocenters. The Hall–Kier alpha value is -0.950. The molecule has 1 N–H and O–H groups in total. The van der Waals surface area contributed by atoms with Crippen molar-refractivity contribution in [3.05, 3.63) is 39.7 Å². The predicted octanol–water partition coefficient (Wildman–Crippen LogP) is 3.97. The summed E-state index contributed by atoms with van der Waals surface area (Å²) >= 11 is 2.09. The summed E-state index contributed by atoms with van der Waals surface area (Å²) in [7, 11) is 0. The van der Waals surface area contributed by atoms with E-state index in [2.05, 4.69) is 53.7 Å². The molecule has 19 heavy (non-hydrogen) atoms. The first-order valence-electron chi connectivity index (χ1n) is 6.00. The molecule has 0 fully saturated rings. The first-order valence-corrected chi connectivity index (χ1v) is 7.08. The summed E-state index contributed by atoms with van der Waals surface area (Å²) in [4.78, 5) is 4.23. The van der Waals surface area contributed by atoms with E-state index >= 15 is 0 Å². The summed E-state index contributed by atoms with van der Waals surface area (Å²) in [6.07, 6.45) is 1.68. The second kappa shape index (κ2) is 5.58. The highest BCUT2D eigenvalue weighted by Gasteiger charge is 2.13. The maximum Gasteiger partial charge on any atom is 0.208 e. The van der Waals surface area contributed by atoms with Crippen molar-refractivity contribution in [2.24, 2.45) is 0 Å². The molecule has 0 bridgehead atoms. The second-order valence-corrected chi connectivity index (χ2v) is 6.51. The molecule has 1 aromatic heterocycles. The van der Waals surface area contributed by atoms with E-state index in [1.807, 2.05) is 0 Å². The van der Waals surface area contributed by atoms with E-state index in [0.29, 0.717) is 18.2 Å². The summed E-state index contributed by atoms with van der Waals surface area (Å²) in [5.41, 5.74) is 0.871. The quantitative estimate of drug-likeness (QED) is 0.827. The lowest BCUT2D eigenvalue weighted by Gasteiger charge is -2.18. The zero-order valence-electron chi connectivity index (χ0n) is 11.1. The minimum Gasteiger partial charge on any atom is -0.439 e. The van der Waals surface area contributed by atoms with Crippen molar-refractivity contribution >= 4 is 22.6 Å². The van der Waals surface area contributed by atoms with Crippen molar-refractivity contribution in [2.75, 3.05) is 0 Å². The first-order chi connectivity index (χ1) is 8.85. The van der Waals surface area contributed by atoms with E-state index in [1.165, 1.54) is 12.1 Å². The lowest BCUT2D eigenvalue weighted by Crippen LogP contribution is -2.35. The third-order valence-corrected chi connectivity index (χ3v) is 3.41. The van der Waals surface area contributed by atoms with Gasteiger partial charge in [0.2, 0.25) is 5.89 Å². The molecule has 0 radical (unpaired) electrons. The van der Waals surface area contributed by atoms with Gasteiger partial charge in [0, 0.05) is 14.7 Å². The molecule has 5 heteroatoms. The van der Waals surface area contributed by atoms with Crippen LogP contribution in [0.15, 0.2) is 28.8 Å². The monoisotopic (exact) mass is 374 g/mol. The maximum atomic E-state index is 13.1. The van der Waals surface area contributed by atoms with Crippen LogP contribution in [0.2, 0.25) is 0 Å². The van der Waals surface area contributed by atoms with Crippen LogP contribution in [0.3, 0.4) is 0 Å². The lowest BCUT2D eigenvalue weighted by atomic mass is 10.1. The Bertz CT molecular complexity index is 575. The summed E-state index contributed by atoms with van der Waals surface area (Å²) in [5, 5.41) is 3.31. The third kappa shape index (κ3) is 4.01. The number of nitrogens with zero attached hydrogens (tertiary/aromatic N) is 1. The number of hydrogen-bond acceptors (Lipinski definition) is 3.